The topological polar surface area (TPSA) is 38.7 Å². The van der Waals surface area contributed by atoms with E-state index in [4.69, 9.17) is 9.47 Å². The van der Waals surface area contributed by atoms with Crippen molar-refractivity contribution in [3.05, 3.63) is 56.2 Å². The molecule has 0 saturated heterocycles. The van der Waals surface area contributed by atoms with Crippen molar-refractivity contribution in [2.45, 2.75) is 6.10 Å². The summed E-state index contributed by atoms with van der Waals surface area (Å²) in [7, 11) is 3.04. The highest BCUT2D eigenvalue weighted by atomic mass is 79.9. The molecule has 112 valence electrons. The number of methoxy groups -OCH3 is 2. The van der Waals surface area contributed by atoms with Crippen molar-refractivity contribution in [2.24, 2.45) is 0 Å². The molecule has 0 radical (unpaired) electrons. The molecule has 0 saturated carbocycles. The average molecular weight is 420 g/mol. The van der Waals surface area contributed by atoms with Crippen LogP contribution in [0.15, 0.2) is 39.3 Å². The standard InChI is InChI=1S/C15H13Br2FO3/c1-20-11-7-6-9(15(21-2)13(11)17)14(19)8-4-3-5-10(18)12(8)16/h3-7,14,19H,1-2H3. The second kappa shape index (κ2) is 6.77. The fraction of sp³-hybridized carbons (Fsp3) is 0.200. The minimum absolute atomic E-state index is 0.228. The van der Waals surface area contributed by atoms with Gasteiger partial charge in [-0.1, -0.05) is 12.1 Å². The summed E-state index contributed by atoms with van der Waals surface area (Å²) >= 11 is 6.54. The summed E-state index contributed by atoms with van der Waals surface area (Å²) in [6, 6.07) is 7.91. The van der Waals surface area contributed by atoms with Crippen molar-refractivity contribution in [3.8, 4) is 11.5 Å². The molecule has 0 aliphatic heterocycles. The summed E-state index contributed by atoms with van der Waals surface area (Å²) in [5.74, 6) is 0.595. The molecule has 0 amide bonds. The predicted octanol–water partition coefficient (Wildman–Crippen LogP) is 4.45. The van der Waals surface area contributed by atoms with Crippen molar-refractivity contribution in [1.29, 1.82) is 0 Å². The smallest absolute Gasteiger partial charge is 0.142 e. The van der Waals surface area contributed by atoms with Crippen molar-refractivity contribution in [2.75, 3.05) is 14.2 Å². The summed E-state index contributed by atoms with van der Waals surface area (Å²) in [5, 5.41) is 10.6. The lowest BCUT2D eigenvalue weighted by Crippen LogP contribution is -2.05. The van der Waals surface area contributed by atoms with Gasteiger partial charge in [0.1, 0.15) is 27.9 Å². The minimum atomic E-state index is -1.03. The van der Waals surface area contributed by atoms with E-state index in [2.05, 4.69) is 31.9 Å². The zero-order valence-corrected chi connectivity index (χ0v) is 14.5. The molecule has 0 aliphatic carbocycles. The summed E-state index contributed by atoms with van der Waals surface area (Å²) in [4.78, 5) is 0. The molecule has 0 aliphatic rings. The second-order valence-corrected chi connectivity index (χ2v) is 5.84. The van der Waals surface area contributed by atoms with Crippen LogP contribution in [0, 0.1) is 5.82 Å². The molecule has 0 bridgehead atoms. The maximum atomic E-state index is 13.6. The fourth-order valence-corrected chi connectivity index (χ4v) is 3.20. The third-order valence-electron chi connectivity index (χ3n) is 3.09. The van der Waals surface area contributed by atoms with Gasteiger partial charge in [-0.2, -0.15) is 0 Å². The Morgan fingerprint density at radius 2 is 1.71 bits per heavy atom. The molecule has 0 aromatic heterocycles. The van der Waals surface area contributed by atoms with Crippen LogP contribution in [0.25, 0.3) is 0 Å². The van der Waals surface area contributed by atoms with Crippen LogP contribution in [-0.2, 0) is 0 Å². The Bertz CT molecular complexity index is 662. The van der Waals surface area contributed by atoms with Gasteiger partial charge >= 0.3 is 0 Å². The van der Waals surface area contributed by atoms with Crippen LogP contribution >= 0.6 is 31.9 Å². The lowest BCUT2D eigenvalue weighted by molar-refractivity contribution is 0.213. The first-order chi connectivity index (χ1) is 10.0. The molecule has 0 spiro atoms. The fourth-order valence-electron chi connectivity index (χ4n) is 2.03. The van der Waals surface area contributed by atoms with Crippen LogP contribution in [0.4, 0.5) is 4.39 Å². The summed E-state index contributed by atoms with van der Waals surface area (Å²) < 4.78 is 25.0. The first-order valence-corrected chi connectivity index (χ1v) is 7.62. The van der Waals surface area contributed by atoms with E-state index in [0.717, 1.165) is 0 Å². The average Bonchev–Trinajstić information content (AvgIpc) is 2.49. The van der Waals surface area contributed by atoms with Gasteiger partial charge in [0, 0.05) is 11.1 Å². The third kappa shape index (κ3) is 3.07. The molecule has 2 rings (SSSR count). The zero-order chi connectivity index (χ0) is 15.6. The van der Waals surface area contributed by atoms with Gasteiger partial charge in [-0.15, -0.1) is 0 Å². The number of hydrogen-bond donors (Lipinski definition) is 1. The van der Waals surface area contributed by atoms with Gasteiger partial charge in [0.2, 0.25) is 0 Å². The van der Waals surface area contributed by atoms with Crippen molar-refractivity contribution < 1.29 is 19.0 Å². The molecule has 2 aromatic carbocycles. The number of halogens is 3. The van der Waals surface area contributed by atoms with E-state index in [1.165, 1.54) is 13.2 Å². The first kappa shape index (κ1) is 16.3. The van der Waals surface area contributed by atoms with Gasteiger partial charge in [0.05, 0.1) is 18.7 Å². The molecule has 0 fully saturated rings. The quantitative estimate of drug-likeness (QED) is 0.795. The highest BCUT2D eigenvalue weighted by Crippen LogP contribution is 2.42. The zero-order valence-electron chi connectivity index (χ0n) is 11.4. The maximum absolute atomic E-state index is 13.6. The normalized spacial score (nSPS) is 12.1. The lowest BCUT2D eigenvalue weighted by atomic mass is 10.0. The number of benzene rings is 2. The molecule has 0 heterocycles. The Morgan fingerprint density at radius 1 is 1.00 bits per heavy atom. The molecular weight excluding hydrogens is 407 g/mol. The van der Waals surface area contributed by atoms with Gasteiger partial charge in [0.25, 0.3) is 0 Å². The SMILES string of the molecule is COc1ccc(C(O)c2cccc(F)c2Br)c(OC)c1Br. The van der Waals surface area contributed by atoms with Crippen molar-refractivity contribution >= 4 is 31.9 Å². The van der Waals surface area contributed by atoms with Crippen LogP contribution < -0.4 is 9.47 Å². The Morgan fingerprint density at radius 3 is 2.33 bits per heavy atom. The van der Waals surface area contributed by atoms with Crippen molar-refractivity contribution in [1.82, 2.24) is 0 Å². The molecule has 2 aromatic rings. The monoisotopic (exact) mass is 418 g/mol. The van der Waals surface area contributed by atoms with E-state index in [1.54, 1.807) is 31.4 Å². The van der Waals surface area contributed by atoms with Gasteiger partial charge in [0.15, 0.2) is 0 Å². The van der Waals surface area contributed by atoms with Crippen molar-refractivity contribution in [3.63, 3.8) is 0 Å². The second-order valence-electron chi connectivity index (χ2n) is 4.25. The largest absolute Gasteiger partial charge is 0.495 e. The molecule has 6 heteroatoms. The molecule has 1 N–H and O–H groups in total. The van der Waals surface area contributed by atoms with E-state index < -0.39 is 11.9 Å². The van der Waals surface area contributed by atoms with E-state index in [0.29, 0.717) is 27.1 Å². The first-order valence-electron chi connectivity index (χ1n) is 6.03. The molecule has 1 unspecified atom stereocenters. The third-order valence-corrected chi connectivity index (χ3v) is 4.67. The van der Waals surface area contributed by atoms with E-state index >= 15 is 0 Å². The van der Waals surface area contributed by atoms with Gasteiger partial charge < -0.3 is 14.6 Å². The van der Waals surface area contributed by atoms with Crippen LogP contribution in [0.3, 0.4) is 0 Å². The summed E-state index contributed by atoms with van der Waals surface area (Å²) in [6.07, 6.45) is -1.03. The number of rotatable bonds is 4. The van der Waals surface area contributed by atoms with E-state index in [1.807, 2.05) is 0 Å². The van der Waals surface area contributed by atoms with Crippen LogP contribution in [-0.4, -0.2) is 19.3 Å². The van der Waals surface area contributed by atoms with Crippen LogP contribution in [0.2, 0.25) is 0 Å². The predicted molar refractivity (Wildman–Crippen MR) is 85.4 cm³/mol. The highest BCUT2D eigenvalue weighted by Gasteiger charge is 2.22. The summed E-state index contributed by atoms with van der Waals surface area (Å²) in [5.41, 5.74) is 0.932. The van der Waals surface area contributed by atoms with Gasteiger partial charge in [-0.25, -0.2) is 4.39 Å². The van der Waals surface area contributed by atoms with Gasteiger partial charge in [-0.3, -0.25) is 0 Å². The molecular formula is C15H13Br2FO3. The van der Waals surface area contributed by atoms with E-state index in [9.17, 15) is 9.50 Å². The Kier molecular flexibility index (Phi) is 5.24. The molecule has 3 nitrogen and oxygen atoms in total. The minimum Gasteiger partial charge on any atom is -0.495 e. The highest BCUT2D eigenvalue weighted by molar-refractivity contribution is 9.11. The maximum Gasteiger partial charge on any atom is 0.142 e. The Labute approximate surface area is 139 Å². The van der Waals surface area contributed by atoms with Gasteiger partial charge in [-0.05, 0) is 50.1 Å². The summed E-state index contributed by atoms with van der Waals surface area (Å²) in [6.45, 7) is 0. The number of hydrogen-bond acceptors (Lipinski definition) is 3. The molecule has 21 heavy (non-hydrogen) atoms. The van der Waals surface area contributed by atoms with Crippen LogP contribution in [0.5, 0.6) is 11.5 Å². The number of ether oxygens (including phenoxy) is 2. The number of aliphatic hydroxyl groups is 1. The van der Waals surface area contributed by atoms with E-state index in [-0.39, 0.29) is 4.47 Å². The number of aliphatic hydroxyl groups excluding tert-OH is 1. The lowest BCUT2D eigenvalue weighted by Gasteiger charge is -2.19. The Hall–Kier alpha value is -1.11. The van der Waals surface area contributed by atoms with Crippen LogP contribution in [0.1, 0.15) is 17.2 Å². The Balaban J connectivity index is 2.56. The molecule has 1 atom stereocenters.